The third-order valence-corrected chi connectivity index (χ3v) is 10.4. The van der Waals surface area contributed by atoms with Crippen molar-refractivity contribution in [1.82, 2.24) is 9.80 Å². The molecule has 0 bridgehead atoms. The second-order valence-corrected chi connectivity index (χ2v) is 17.9. The molecule has 3 aliphatic heterocycles. The normalized spacial score (nSPS) is 18.4. The van der Waals surface area contributed by atoms with Gasteiger partial charge in [0, 0.05) is 75.0 Å². The van der Waals surface area contributed by atoms with Gasteiger partial charge < -0.3 is 33.6 Å². The highest BCUT2D eigenvalue weighted by atomic mass is 79.9. The molecule has 0 atom stereocenters. The smallest absolute Gasteiger partial charge is 0.410 e. The monoisotopic (exact) mass is 839 g/mol. The molecule has 4 aliphatic rings. The zero-order valence-electron chi connectivity index (χ0n) is 32.6. The Kier molecular flexibility index (Phi) is 16.6. The van der Waals surface area contributed by atoms with Crippen molar-refractivity contribution in [2.75, 3.05) is 44.2 Å². The lowest BCUT2D eigenvalue weighted by molar-refractivity contribution is 0.0115. The molecule has 4 fully saturated rings. The number of carbonyl (C=O) groups excluding carboxylic acids is 2. The molecule has 0 N–H and O–H groups in total. The molecule has 296 valence electrons. The minimum Gasteiger partial charge on any atom is -0.489 e. The standard InChI is InChI=1S/C20H29ClN2O3.C16H21BrClNO3.C5H10/c1-20(2,3)26-19(24)23-12-8-16(9-13-23)25-18-7-6-15(21)14-17(18)22-10-4-5-11-22;1-16(2,3)22-15(20)19-8-6-12(7-9-19)21-14-5-4-11(18)10-13(14)17;1-2-4-5-3-1/h6-7,14,16H,4-5,8-13H2,1-3H3;4-5,10,12H,6-9H2,1-3H3;1-5H2. The van der Waals surface area contributed by atoms with E-state index in [2.05, 4.69) is 20.8 Å². The van der Waals surface area contributed by atoms with Crippen LogP contribution in [0.4, 0.5) is 15.3 Å². The lowest BCUT2D eigenvalue weighted by atomic mass is 10.1. The van der Waals surface area contributed by atoms with Gasteiger partial charge in [-0.1, -0.05) is 55.3 Å². The number of likely N-dealkylation sites (tertiary alicyclic amines) is 2. The van der Waals surface area contributed by atoms with Gasteiger partial charge in [-0.05, 0) is 107 Å². The third-order valence-electron chi connectivity index (χ3n) is 9.29. The Morgan fingerprint density at radius 2 is 1.00 bits per heavy atom. The van der Waals surface area contributed by atoms with Crippen LogP contribution in [0.2, 0.25) is 10.0 Å². The average molecular weight is 842 g/mol. The molecule has 12 heteroatoms. The SMILES string of the molecule is C1CCCC1.CC(C)(C)OC(=O)N1CCC(Oc2ccc(Cl)cc2Br)CC1.CC(C)(C)OC(=O)N1CCC(Oc2ccc(Cl)cc2N2CCCC2)CC1. The van der Waals surface area contributed by atoms with E-state index in [4.69, 9.17) is 42.1 Å². The lowest BCUT2D eigenvalue weighted by Crippen LogP contribution is -2.44. The maximum atomic E-state index is 12.2. The fraction of sp³-hybridized carbons (Fsp3) is 0.659. The number of halogens is 3. The van der Waals surface area contributed by atoms with Gasteiger partial charge in [-0.2, -0.15) is 0 Å². The predicted octanol–water partition coefficient (Wildman–Crippen LogP) is 11.5. The van der Waals surface area contributed by atoms with Crippen molar-refractivity contribution in [2.24, 2.45) is 0 Å². The molecule has 2 aromatic rings. The zero-order valence-corrected chi connectivity index (χ0v) is 35.7. The van der Waals surface area contributed by atoms with Crippen LogP contribution in [-0.2, 0) is 9.47 Å². The lowest BCUT2D eigenvalue weighted by Gasteiger charge is -2.34. The Labute approximate surface area is 336 Å². The van der Waals surface area contributed by atoms with E-state index in [0.29, 0.717) is 31.2 Å². The predicted molar refractivity (Wildman–Crippen MR) is 218 cm³/mol. The van der Waals surface area contributed by atoms with Crippen LogP contribution in [0.3, 0.4) is 0 Å². The first-order valence-electron chi connectivity index (χ1n) is 19.3. The van der Waals surface area contributed by atoms with E-state index in [9.17, 15) is 9.59 Å². The Hall–Kier alpha value is -2.56. The van der Waals surface area contributed by atoms with E-state index < -0.39 is 11.2 Å². The summed E-state index contributed by atoms with van der Waals surface area (Å²) in [5.74, 6) is 1.67. The maximum absolute atomic E-state index is 12.2. The van der Waals surface area contributed by atoms with Gasteiger partial charge in [-0.15, -0.1) is 0 Å². The zero-order chi connectivity index (χ0) is 38.6. The van der Waals surface area contributed by atoms with Gasteiger partial charge in [-0.3, -0.25) is 0 Å². The first-order chi connectivity index (χ1) is 25.1. The van der Waals surface area contributed by atoms with Crippen molar-refractivity contribution >= 4 is 57.0 Å². The number of rotatable bonds is 5. The minimum atomic E-state index is -0.460. The van der Waals surface area contributed by atoms with Gasteiger partial charge >= 0.3 is 12.2 Å². The van der Waals surface area contributed by atoms with Crippen molar-refractivity contribution in [3.05, 3.63) is 50.9 Å². The van der Waals surface area contributed by atoms with Crippen LogP contribution < -0.4 is 14.4 Å². The summed E-state index contributed by atoms with van der Waals surface area (Å²) in [5.41, 5.74) is 0.168. The van der Waals surface area contributed by atoms with Gasteiger partial charge in [-0.25, -0.2) is 9.59 Å². The second-order valence-electron chi connectivity index (χ2n) is 16.2. The van der Waals surface area contributed by atoms with E-state index in [1.807, 2.05) is 71.9 Å². The van der Waals surface area contributed by atoms with E-state index in [0.717, 1.165) is 65.5 Å². The van der Waals surface area contributed by atoms with E-state index >= 15 is 0 Å². The number of hydrogen-bond acceptors (Lipinski definition) is 7. The number of amides is 2. The summed E-state index contributed by atoms with van der Waals surface area (Å²) in [7, 11) is 0. The van der Waals surface area contributed by atoms with Crippen molar-refractivity contribution < 1.29 is 28.5 Å². The topological polar surface area (TPSA) is 80.8 Å². The molecule has 1 saturated carbocycles. The summed E-state index contributed by atoms with van der Waals surface area (Å²) in [6, 6.07) is 11.3. The molecule has 2 aromatic carbocycles. The molecule has 0 unspecified atom stereocenters. The number of hydrogen-bond donors (Lipinski definition) is 0. The molecule has 3 heterocycles. The fourth-order valence-electron chi connectivity index (χ4n) is 6.57. The number of piperidine rings is 2. The number of anilines is 1. The molecular weight excluding hydrogens is 781 g/mol. The largest absolute Gasteiger partial charge is 0.489 e. The molecular formula is C41H60BrCl2N3O6. The van der Waals surface area contributed by atoms with Crippen molar-refractivity contribution in [3.8, 4) is 11.5 Å². The van der Waals surface area contributed by atoms with Gasteiger partial charge in [0.1, 0.15) is 34.9 Å². The van der Waals surface area contributed by atoms with Crippen LogP contribution in [-0.4, -0.2) is 84.7 Å². The Morgan fingerprint density at radius 3 is 1.42 bits per heavy atom. The number of carbonyl (C=O) groups is 2. The Bertz CT molecular complexity index is 1450. The first-order valence-corrected chi connectivity index (χ1v) is 20.9. The number of nitrogens with zero attached hydrogens (tertiary/aromatic N) is 3. The quantitative estimate of drug-likeness (QED) is 0.297. The molecule has 6 rings (SSSR count). The molecule has 53 heavy (non-hydrogen) atoms. The highest BCUT2D eigenvalue weighted by Gasteiger charge is 2.30. The van der Waals surface area contributed by atoms with Crippen LogP contribution >= 0.6 is 39.1 Å². The van der Waals surface area contributed by atoms with E-state index in [1.54, 1.807) is 15.9 Å². The molecule has 0 spiro atoms. The van der Waals surface area contributed by atoms with Gasteiger partial charge in [0.05, 0.1) is 10.2 Å². The summed E-state index contributed by atoms with van der Waals surface area (Å²) in [4.78, 5) is 30.1. The summed E-state index contributed by atoms with van der Waals surface area (Å²) in [6.45, 7) is 16.0. The van der Waals surface area contributed by atoms with Gasteiger partial charge in [0.25, 0.3) is 0 Å². The third kappa shape index (κ3) is 15.2. The first kappa shape index (κ1) is 43.2. The summed E-state index contributed by atoms with van der Waals surface area (Å²) >= 11 is 15.6. The van der Waals surface area contributed by atoms with Crippen molar-refractivity contribution in [2.45, 2.75) is 136 Å². The Balaban J connectivity index is 0.000000211. The number of ether oxygens (including phenoxy) is 4. The van der Waals surface area contributed by atoms with Crippen molar-refractivity contribution in [1.29, 1.82) is 0 Å². The molecule has 0 aromatic heterocycles. The Morgan fingerprint density at radius 1 is 0.604 bits per heavy atom. The van der Waals surface area contributed by atoms with Crippen LogP contribution in [0.1, 0.15) is 112 Å². The molecule has 2 amide bonds. The van der Waals surface area contributed by atoms with Crippen LogP contribution in [0.15, 0.2) is 40.9 Å². The van der Waals surface area contributed by atoms with Gasteiger partial charge in [0.2, 0.25) is 0 Å². The van der Waals surface area contributed by atoms with E-state index in [1.165, 1.54) is 44.9 Å². The average Bonchev–Trinajstić information content (AvgIpc) is 3.85. The minimum absolute atomic E-state index is 0.0937. The van der Waals surface area contributed by atoms with Gasteiger partial charge in [0.15, 0.2) is 0 Å². The van der Waals surface area contributed by atoms with Crippen LogP contribution in [0.25, 0.3) is 0 Å². The fourth-order valence-corrected chi connectivity index (χ4v) is 7.52. The van der Waals surface area contributed by atoms with E-state index in [-0.39, 0.29) is 24.4 Å². The van der Waals surface area contributed by atoms with Crippen LogP contribution in [0, 0.1) is 0 Å². The second kappa shape index (κ2) is 20.4. The number of benzene rings is 2. The highest BCUT2D eigenvalue weighted by Crippen LogP contribution is 2.35. The summed E-state index contributed by atoms with van der Waals surface area (Å²) < 4.78 is 24.0. The molecule has 3 saturated heterocycles. The molecule has 9 nitrogen and oxygen atoms in total. The van der Waals surface area contributed by atoms with Crippen LogP contribution in [0.5, 0.6) is 11.5 Å². The molecule has 0 radical (unpaired) electrons. The van der Waals surface area contributed by atoms with Crippen molar-refractivity contribution in [3.63, 3.8) is 0 Å². The maximum Gasteiger partial charge on any atom is 0.410 e. The summed E-state index contributed by atoms with van der Waals surface area (Å²) in [5, 5.41) is 1.40. The summed E-state index contributed by atoms with van der Waals surface area (Å²) in [6.07, 6.45) is 12.8. The highest BCUT2D eigenvalue weighted by molar-refractivity contribution is 9.10. The molecule has 1 aliphatic carbocycles.